The second-order valence-corrected chi connectivity index (χ2v) is 7.14. The number of nitrogens with one attached hydrogen (secondary N) is 1. The molecule has 0 aromatic heterocycles. The van der Waals surface area contributed by atoms with Crippen molar-refractivity contribution in [2.24, 2.45) is 0 Å². The molecule has 0 aliphatic heterocycles. The van der Waals surface area contributed by atoms with Crippen LogP contribution in [0.2, 0.25) is 0 Å². The molecule has 0 amide bonds. The molecular formula is C16H15NO4S2. The third-order valence-electron chi connectivity index (χ3n) is 2.93. The highest BCUT2D eigenvalue weighted by Crippen LogP contribution is 2.22. The Labute approximate surface area is 139 Å². The van der Waals surface area contributed by atoms with E-state index in [1.165, 1.54) is 30.0 Å². The van der Waals surface area contributed by atoms with Crippen molar-refractivity contribution in [3.8, 4) is 0 Å². The van der Waals surface area contributed by atoms with Gasteiger partial charge in [-0.25, -0.2) is 13.2 Å². The summed E-state index contributed by atoms with van der Waals surface area (Å²) >= 11 is 1.52. The van der Waals surface area contributed by atoms with E-state index in [1.807, 2.05) is 12.3 Å². The number of benzene rings is 2. The molecule has 0 aliphatic carbocycles. The first-order valence-electron chi connectivity index (χ1n) is 6.59. The molecule has 0 aliphatic rings. The Morgan fingerprint density at radius 1 is 1.17 bits per heavy atom. The van der Waals surface area contributed by atoms with E-state index in [-0.39, 0.29) is 4.90 Å². The standard InChI is InChI=1S/C16H15NO4S2/c1-22-14-4-2-3-13(11-14)17-23(20,21)15-8-5-12(6-9-15)7-10-16(18)19/h2-11,17H,1H3,(H,18,19). The average Bonchev–Trinajstić information content (AvgIpc) is 2.53. The number of carbonyl (C=O) groups is 1. The Morgan fingerprint density at radius 2 is 1.87 bits per heavy atom. The summed E-state index contributed by atoms with van der Waals surface area (Å²) in [6, 6.07) is 13.1. The van der Waals surface area contributed by atoms with Crippen LogP contribution in [-0.2, 0) is 14.8 Å². The smallest absolute Gasteiger partial charge is 0.328 e. The molecule has 23 heavy (non-hydrogen) atoms. The number of anilines is 1. The molecule has 0 radical (unpaired) electrons. The van der Waals surface area contributed by atoms with Crippen LogP contribution in [0.1, 0.15) is 5.56 Å². The van der Waals surface area contributed by atoms with Crippen molar-refractivity contribution in [2.75, 3.05) is 11.0 Å². The van der Waals surface area contributed by atoms with Crippen LogP contribution in [0.5, 0.6) is 0 Å². The van der Waals surface area contributed by atoms with Gasteiger partial charge in [0, 0.05) is 16.7 Å². The summed E-state index contributed by atoms with van der Waals surface area (Å²) in [4.78, 5) is 11.5. The van der Waals surface area contributed by atoms with E-state index >= 15 is 0 Å². The minimum Gasteiger partial charge on any atom is -0.478 e. The number of hydrogen-bond donors (Lipinski definition) is 2. The van der Waals surface area contributed by atoms with Crippen molar-refractivity contribution in [3.63, 3.8) is 0 Å². The lowest BCUT2D eigenvalue weighted by molar-refractivity contribution is -0.131. The summed E-state index contributed by atoms with van der Waals surface area (Å²) < 4.78 is 27.2. The van der Waals surface area contributed by atoms with Gasteiger partial charge in [-0.15, -0.1) is 11.8 Å². The van der Waals surface area contributed by atoms with Gasteiger partial charge in [-0.3, -0.25) is 4.72 Å². The van der Waals surface area contributed by atoms with Gasteiger partial charge in [0.25, 0.3) is 10.0 Å². The lowest BCUT2D eigenvalue weighted by atomic mass is 10.2. The van der Waals surface area contributed by atoms with E-state index in [9.17, 15) is 13.2 Å². The fourth-order valence-corrected chi connectivity index (χ4v) is 3.34. The van der Waals surface area contributed by atoms with Crippen molar-refractivity contribution in [1.82, 2.24) is 0 Å². The van der Waals surface area contributed by atoms with Crippen molar-refractivity contribution >= 4 is 39.5 Å². The average molecular weight is 349 g/mol. The van der Waals surface area contributed by atoms with Crippen molar-refractivity contribution in [1.29, 1.82) is 0 Å². The first-order chi connectivity index (χ1) is 10.9. The van der Waals surface area contributed by atoms with Crippen LogP contribution >= 0.6 is 11.8 Å². The lowest BCUT2D eigenvalue weighted by Gasteiger charge is -2.09. The van der Waals surface area contributed by atoms with Crippen LogP contribution in [0.15, 0.2) is 64.4 Å². The highest BCUT2D eigenvalue weighted by molar-refractivity contribution is 7.98. The van der Waals surface area contributed by atoms with Gasteiger partial charge in [0.05, 0.1) is 4.90 Å². The molecule has 0 heterocycles. The number of rotatable bonds is 6. The van der Waals surface area contributed by atoms with Gasteiger partial charge in [-0.1, -0.05) is 18.2 Å². The number of hydrogen-bond acceptors (Lipinski definition) is 4. The molecule has 0 saturated heterocycles. The maximum absolute atomic E-state index is 12.3. The topological polar surface area (TPSA) is 83.5 Å². The molecule has 0 saturated carbocycles. The minimum atomic E-state index is -3.69. The van der Waals surface area contributed by atoms with Crippen LogP contribution < -0.4 is 4.72 Å². The lowest BCUT2D eigenvalue weighted by Crippen LogP contribution is -2.12. The number of sulfonamides is 1. The van der Waals surface area contributed by atoms with Crippen LogP contribution in [0.25, 0.3) is 6.08 Å². The fourth-order valence-electron chi connectivity index (χ4n) is 1.83. The van der Waals surface area contributed by atoms with Crippen molar-refractivity contribution in [3.05, 3.63) is 60.2 Å². The molecule has 0 fully saturated rings. The predicted octanol–water partition coefficient (Wildman–Crippen LogP) is 3.31. The molecule has 2 rings (SSSR count). The summed E-state index contributed by atoms with van der Waals surface area (Å²) in [6.07, 6.45) is 4.31. The van der Waals surface area contributed by atoms with Gasteiger partial charge in [0.15, 0.2) is 0 Å². The molecular weight excluding hydrogens is 334 g/mol. The second-order valence-electron chi connectivity index (χ2n) is 4.58. The maximum atomic E-state index is 12.3. The zero-order valence-corrected chi connectivity index (χ0v) is 13.9. The zero-order valence-electron chi connectivity index (χ0n) is 12.3. The summed E-state index contributed by atoms with van der Waals surface area (Å²) in [6.45, 7) is 0. The molecule has 2 aromatic carbocycles. The third-order valence-corrected chi connectivity index (χ3v) is 5.05. The van der Waals surface area contributed by atoms with Gasteiger partial charge < -0.3 is 5.11 Å². The Kier molecular flexibility index (Phi) is 5.46. The fraction of sp³-hybridized carbons (Fsp3) is 0.0625. The Morgan fingerprint density at radius 3 is 2.48 bits per heavy atom. The first kappa shape index (κ1) is 17.1. The van der Waals surface area contributed by atoms with Crippen molar-refractivity contribution < 1.29 is 18.3 Å². The SMILES string of the molecule is CSc1cccc(NS(=O)(=O)c2ccc(C=CC(=O)O)cc2)c1. The largest absolute Gasteiger partial charge is 0.478 e. The van der Waals surface area contributed by atoms with Gasteiger partial charge in [0.1, 0.15) is 0 Å². The molecule has 0 unspecified atom stereocenters. The van der Waals surface area contributed by atoms with Crippen molar-refractivity contribution in [2.45, 2.75) is 9.79 Å². The summed E-state index contributed by atoms with van der Waals surface area (Å²) in [7, 11) is -3.69. The van der Waals surface area contributed by atoms with Gasteiger partial charge in [-0.2, -0.15) is 0 Å². The Balaban J connectivity index is 2.20. The van der Waals surface area contributed by atoms with E-state index in [4.69, 9.17) is 5.11 Å². The highest BCUT2D eigenvalue weighted by atomic mass is 32.2. The predicted molar refractivity (Wildman–Crippen MR) is 92.1 cm³/mol. The summed E-state index contributed by atoms with van der Waals surface area (Å²) in [5, 5.41) is 8.57. The van der Waals surface area contributed by atoms with Crippen LogP contribution in [0.4, 0.5) is 5.69 Å². The minimum absolute atomic E-state index is 0.111. The molecule has 0 spiro atoms. The summed E-state index contributed by atoms with van der Waals surface area (Å²) in [5.41, 5.74) is 1.10. The summed E-state index contributed by atoms with van der Waals surface area (Å²) in [5.74, 6) is -1.06. The molecule has 7 heteroatoms. The van der Waals surface area contributed by atoms with Gasteiger partial charge >= 0.3 is 5.97 Å². The molecule has 5 nitrogen and oxygen atoms in total. The highest BCUT2D eigenvalue weighted by Gasteiger charge is 2.14. The van der Waals surface area contributed by atoms with Gasteiger partial charge in [0.2, 0.25) is 0 Å². The quantitative estimate of drug-likeness (QED) is 0.617. The number of carboxylic acid groups (broad SMARTS) is 1. The maximum Gasteiger partial charge on any atom is 0.328 e. The monoisotopic (exact) mass is 349 g/mol. The van der Waals surface area contributed by atoms with E-state index in [1.54, 1.807) is 30.3 Å². The first-order valence-corrected chi connectivity index (χ1v) is 9.29. The van der Waals surface area contributed by atoms with E-state index in [0.717, 1.165) is 11.0 Å². The number of thioether (sulfide) groups is 1. The van der Waals surface area contributed by atoms with Crippen LogP contribution in [0, 0.1) is 0 Å². The number of carboxylic acids is 1. The second kappa shape index (κ2) is 7.34. The molecule has 2 N–H and O–H groups in total. The van der Waals surface area contributed by atoms with Crippen LogP contribution in [-0.4, -0.2) is 25.7 Å². The third kappa shape index (κ3) is 4.87. The number of aliphatic carboxylic acids is 1. The molecule has 2 aromatic rings. The van der Waals surface area contributed by atoms with E-state index < -0.39 is 16.0 Å². The Hall–Kier alpha value is -2.25. The van der Waals surface area contributed by atoms with Gasteiger partial charge in [-0.05, 0) is 48.2 Å². The van der Waals surface area contributed by atoms with E-state index in [2.05, 4.69) is 4.72 Å². The van der Waals surface area contributed by atoms with Crippen LogP contribution in [0.3, 0.4) is 0 Å². The normalized spacial score (nSPS) is 11.5. The zero-order chi connectivity index (χ0) is 16.9. The Bertz CT molecular complexity index is 827. The molecule has 120 valence electrons. The van der Waals surface area contributed by atoms with E-state index in [0.29, 0.717) is 11.3 Å². The molecule has 0 bridgehead atoms. The molecule has 0 atom stereocenters.